The Morgan fingerprint density at radius 3 is 2.80 bits per heavy atom. The SMILES string of the molecule is O=C(c1ccncc1)N1CC[C@@H]2[C@H](CCCN2CC2CC=CCC2)C1. The highest BCUT2D eigenvalue weighted by atomic mass is 16.2. The zero-order chi connectivity index (χ0) is 17.1. The first-order chi connectivity index (χ1) is 12.3. The fourth-order valence-electron chi connectivity index (χ4n) is 4.95. The first-order valence-corrected chi connectivity index (χ1v) is 9.89. The largest absolute Gasteiger partial charge is 0.338 e. The third-order valence-electron chi connectivity index (χ3n) is 6.27. The summed E-state index contributed by atoms with van der Waals surface area (Å²) in [6.45, 7) is 4.32. The summed E-state index contributed by atoms with van der Waals surface area (Å²) < 4.78 is 0. The van der Waals surface area contributed by atoms with Gasteiger partial charge >= 0.3 is 0 Å². The van der Waals surface area contributed by atoms with E-state index in [2.05, 4.69) is 26.9 Å². The number of hydrogen-bond donors (Lipinski definition) is 0. The number of aromatic nitrogens is 1. The van der Waals surface area contributed by atoms with Crippen LogP contribution in [0.15, 0.2) is 36.7 Å². The molecule has 4 nitrogen and oxygen atoms in total. The molecular weight excluding hydrogens is 310 g/mol. The van der Waals surface area contributed by atoms with E-state index in [9.17, 15) is 4.79 Å². The Labute approximate surface area is 150 Å². The summed E-state index contributed by atoms with van der Waals surface area (Å²) in [7, 11) is 0. The van der Waals surface area contributed by atoms with Gasteiger partial charge in [-0.15, -0.1) is 0 Å². The van der Waals surface area contributed by atoms with Crippen molar-refractivity contribution >= 4 is 5.91 Å². The van der Waals surface area contributed by atoms with Gasteiger partial charge in [0.1, 0.15) is 0 Å². The van der Waals surface area contributed by atoms with E-state index in [4.69, 9.17) is 0 Å². The van der Waals surface area contributed by atoms with E-state index in [0.717, 1.165) is 31.0 Å². The smallest absolute Gasteiger partial charge is 0.253 e. The van der Waals surface area contributed by atoms with E-state index >= 15 is 0 Å². The van der Waals surface area contributed by atoms with Gasteiger partial charge in [0.05, 0.1) is 0 Å². The Balaban J connectivity index is 1.38. The molecule has 134 valence electrons. The van der Waals surface area contributed by atoms with Crippen LogP contribution in [0, 0.1) is 11.8 Å². The fourth-order valence-corrected chi connectivity index (χ4v) is 4.95. The van der Waals surface area contributed by atoms with Crippen LogP contribution in [0.2, 0.25) is 0 Å². The van der Waals surface area contributed by atoms with Crippen LogP contribution in [-0.4, -0.2) is 52.9 Å². The maximum Gasteiger partial charge on any atom is 0.253 e. The van der Waals surface area contributed by atoms with Gasteiger partial charge in [0, 0.05) is 43.6 Å². The minimum atomic E-state index is 0.176. The number of allylic oxidation sites excluding steroid dienone is 2. The Bertz CT molecular complexity index is 615. The number of carbonyl (C=O) groups excluding carboxylic acids is 1. The summed E-state index contributed by atoms with van der Waals surface area (Å²) in [5, 5.41) is 0. The standard InChI is InChI=1S/C21H29N3O/c25-21(18-8-11-22-12-9-18)24-14-10-20-19(16-24)7-4-13-23(20)15-17-5-2-1-3-6-17/h1-2,8-9,11-12,17,19-20H,3-7,10,13-16H2/t17?,19-,20-/m1/s1. The quantitative estimate of drug-likeness (QED) is 0.792. The molecule has 0 bridgehead atoms. The molecule has 3 heterocycles. The summed E-state index contributed by atoms with van der Waals surface area (Å²) in [6.07, 6.45) is 15.6. The third kappa shape index (κ3) is 3.79. The third-order valence-corrected chi connectivity index (χ3v) is 6.27. The van der Waals surface area contributed by atoms with Crippen molar-refractivity contribution < 1.29 is 4.79 Å². The lowest BCUT2D eigenvalue weighted by Gasteiger charge is -2.48. The molecule has 0 aromatic carbocycles. The second-order valence-electron chi connectivity index (χ2n) is 7.89. The number of rotatable bonds is 3. The topological polar surface area (TPSA) is 36.4 Å². The van der Waals surface area contributed by atoms with Crippen LogP contribution >= 0.6 is 0 Å². The number of nitrogens with zero attached hydrogens (tertiary/aromatic N) is 3. The van der Waals surface area contributed by atoms with Crippen LogP contribution in [0.5, 0.6) is 0 Å². The molecule has 0 saturated carbocycles. The monoisotopic (exact) mass is 339 g/mol. The summed E-state index contributed by atoms with van der Waals surface area (Å²) >= 11 is 0. The van der Waals surface area contributed by atoms with E-state index in [-0.39, 0.29) is 5.91 Å². The van der Waals surface area contributed by atoms with Crippen LogP contribution in [-0.2, 0) is 0 Å². The number of carbonyl (C=O) groups is 1. The van der Waals surface area contributed by atoms with Gasteiger partial charge in [-0.2, -0.15) is 0 Å². The molecule has 1 amide bonds. The molecule has 1 unspecified atom stereocenters. The summed E-state index contributed by atoms with van der Waals surface area (Å²) in [5.41, 5.74) is 0.773. The van der Waals surface area contributed by atoms with Crippen molar-refractivity contribution in [3.05, 3.63) is 42.2 Å². The van der Waals surface area contributed by atoms with Gasteiger partial charge in [-0.05, 0) is 69.0 Å². The predicted molar refractivity (Wildman–Crippen MR) is 99.3 cm³/mol. The lowest BCUT2D eigenvalue weighted by molar-refractivity contribution is 0.0138. The number of piperidine rings is 2. The molecule has 3 aliphatic rings. The molecule has 4 heteroatoms. The highest BCUT2D eigenvalue weighted by Gasteiger charge is 2.37. The molecule has 1 aromatic rings. The Morgan fingerprint density at radius 1 is 1.12 bits per heavy atom. The van der Waals surface area contributed by atoms with Gasteiger partial charge in [0.2, 0.25) is 0 Å². The second kappa shape index (κ2) is 7.69. The van der Waals surface area contributed by atoms with Gasteiger partial charge in [-0.3, -0.25) is 14.7 Å². The molecule has 1 aromatic heterocycles. The van der Waals surface area contributed by atoms with Gasteiger partial charge in [0.25, 0.3) is 5.91 Å². The zero-order valence-corrected chi connectivity index (χ0v) is 15.0. The van der Waals surface area contributed by atoms with Gasteiger partial charge < -0.3 is 4.90 Å². The molecule has 0 N–H and O–H groups in total. The van der Waals surface area contributed by atoms with Crippen molar-refractivity contribution in [2.24, 2.45) is 11.8 Å². The molecule has 25 heavy (non-hydrogen) atoms. The molecule has 1 aliphatic carbocycles. The molecule has 0 spiro atoms. The summed E-state index contributed by atoms with van der Waals surface area (Å²) in [5.74, 6) is 1.66. The number of pyridine rings is 1. The zero-order valence-electron chi connectivity index (χ0n) is 15.0. The van der Waals surface area contributed by atoms with Crippen molar-refractivity contribution in [2.45, 2.75) is 44.6 Å². The highest BCUT2D eigenvalue weighted by Crippen LogP contribution is 2.33. The van der Waals surface area contributed by atoms with Crippen molar-refractivity contribution in [1.82, 2.24) is 14.8 Å². The molecule has 4 rings (SSSR count). The Kier molecular flexibility index (Phi) is 5.16. The normalized spacial score (nSPS) is 30.1. The lowest BCUT2D eigenvalue weighted by Crippen LogP contribution is -2.56. The van der Waals surface area contributed by atoms with Crippen molar-refractivity contribution in [3.63, 3.8) is 0 Å². The van der Waals surface area contributed by atoms with Crippen LogP contribution < -0.4 is 0 Å². The number of fused-ring (bicyclic) bond motifs is 1. The Hall–Kier alpha value is -1.68. The maximum atomic E-state index is 12.7. The van der Waals surface area contributed by atoms with E-state index in [1.807, 2.05) is 12.1 Å². The van der Waals surface area contributed by atoms with Crippen LogP contribution in [0.1, 0.15) is 48.9 Å². The van der Waals surface area contributed by atoms with E-state index in [1.165, 1.54) is 45.2 Å². The molecule has 2 fully saturated rings. The predicted octanol–water partition coefficient (Wildman–Crippen LogP) is 3.36. The average Bonchev–Trinajstić information content (AvgIpc) is 2.69. The maximum absolute atomic E-state index is 12.7. The van der Waals surface area contributed by atoms with Crippen molar-refractivity contribution in [3.8, 4) is 0 Å². The van der Waals surface area contributed by atoms with Crippen LogP contribution in [0.3, 0.4) is 0 Å². The van der Waals surface area contributed by atoms with Gasteiger partial charge in [-0.1, -0.05) is 12.2 Å². The highest BCUT2D eigenvalue weighted by molar-refractivity contribution is 5.94. The minimum absolute atomic E-state index is 0.176. The van der Waals surface area contributed by atoms with Gasteiger partial charge in [-0.25, -0.2) is 0 Å². The summed E-state index contributed by atoms with van der Waals surface area (Å²) in [6, 6.07) is 4.34. The van der Waals surface area contributed by atoms with Gasteiger partial charge in [0.15, 0.2) is 0 Å². The van der Waals surface area contributed by atoms with E-state index < -0.39 is 0 Å². The fraction of sp³-hybridized carbons (Fsp3) is 0.619. The van der Waals surface area contributed by atoms with Crippen LogP contribution in [0.25, 0.3) is 0 Å². The van der Waals surface area contributed by atoms with E-state index in [1.54, 1.807) is 12.4 Å². The molecule has 2 saturated heterocycles. The second-order valence-corrected chi connectivity index (χ2v) is 7.89. The average molecular weight is 339 g/mol. The molecular formula is C21H29N3O. The van der Waals surface area contributed by atoms with E-state index in [0.29, 0.717) is 12.0 Å². The number of hydrogen-bond acceptors (Lipinski definition) is 3. The minimum Gasteiger partial charge on any atom is -0.338 e. The first-order valence-electron chi connectivity index (χ1n) is 9.89. The molecule has 3 atom stereocenters. The Morgan fingerprint density at radius 2 is 2.00 bits per heavy atom. The summed E-state index contributed by atoms with van der Waals surface area (Å²) in [4.78, 5) is 21.6. The molecule has 2 aliphatic heterocycles. The van der Waals surface area contributed by atoms with Crippen molar-refractivity contribution in [1.29, 1.82) is 0 Å². The number of amides is 1. The lowest BCUT2D eigenvalue weighted by atomic mass is 9.82. The first kappa shape index (κ1) is 16.8. The molecule has 0 radical (unpaired) electrons. The van der Waals surface area contributed by atoms with Crippen molar-refractivity contribution in [2.75, 3.05) is 26.2 Å². The van der Waals surface area contributed by atoms with Crippen LogP contribution in [0.4, 0.5) is 0 Å². The number of likely N-dealkylation sites (tertiary alicyclic amines) is 2.